The molecule has 1 aromatic carbocycles. The quantitative estimate of drug-likeness (QED) is 0.732. The highest BCUT2D eigenvalue weighted by atomic mass is 79.9. The van der Waals surface area contributed by atoms with Gasteiger partial charge in [-0.15, -0.1) is 0 Å². The molecule has 0 spiro atoms. The van der Waals surface area contributed by atoms with Crippen LogP contribution in [0.3, 0.4) is 0 Å². The van der Waals surface area contributed by atoms with Crippen LogP contribution >= 0.6 is 15.9 Å². The molecule has 1 aliphatic carbocycles. The molecule has 0 N–H and O–H groups in total. The number of hydrogen-bond donors (Lipinski definition) is 0. The maximum atomic E-state index is 13.1. The van der Waals surface area contributed by atoms with Crippen LogP contribution < -0.4 is 0 Å². The predicted octanol–water partition coefficient (Wildman–Crippen LogP) is 4.80. The van der Waals surface area contributed by atoms with Gasteiger partial charge in [-0.3, -0.25) is 0 Å². The van der Waals surface area contributed by atoms with Crippen molar-refractivity contribution in [3.63, 3.8) is 0 Å². The van der Waals surface area contributed by atoms with Crippen LogP contribution in [0, 0.1) is 0 Å². The van der Waals surface area contributed by atoms with E-state index >= 15 is 0 Å². The second-order valence-corrected chi connectivity index (χ2v) is 5.56. The van der Waals surface area contributed by atoms with E-state index in [0.29, 0.717) is 16.1 Å². The smallest absolute Gasteiger partial charge is 0.233 e. The summed E-state index contributed by atoms with van der Waals surface area (Å²) in [6.45, 7) is 0. The molecule has 1 aromatic heterocycles. The first-order valence-corrected chi connectivity index (χ1v) is 6.95. The van der Waals surface area contributed by atoms with Crippen LogP contribution in [0.5, 0.6) is 0 Å². The molecular weight excluding hydrogens is 333 g/mol. The fraction of sp³-hybridized carbons (Fsp3) is 0.286. The number of alkyl halides is 3. The molecule has 1 saturated carbocycles. The average molecular weight is 343 g/mol. The maximum absolute atomic E-state index is 13.1. The lowest BCUT2D eigenvalue weighted by Crippen LogP contribution is -2.08. The van der Waals surface area contributed by atoms with Gasteiger partial charge in [-0.1, -0.05) is 18.2 Å². The van der Waals surface area contributed by atoms with Gasteiger partial charge in [0.05, 0.1) is 11.3 Å². The minimum Gasteiger partial charge on any atom is -0.233 e. The first-order valence-electron chi connectivity index (χ1n) is 6.16. The SMILES string of the molecule is FC(F)(F)c1ccccc1-c1cc(Br)nc(C2CC2)n1. The molecule has 20 heavy (non-hydrogen) atoms. The van der Waals surface area contributed by atoms with Crippen LogP contribution in [0.1, 0.15) is 30.1 Å². The summed E-state index contributed by atoms with van der Waals surface area (Å²) < 4.78 is 39.7. The van der Waals surface area contributed by atoms with E-state index in [4.69, 9.17) is 0 Å². The van der Waals surface area contributed by atoms with E-state index in [1.165, 1.54) is 18.2 Å². The van der Waals surface area contributed by atoms with Gasteiger partial charge < -0.3 is 0 Å². The van der Waals surface area contributed by atoms with Crippen molar-refractivity contribution in [2.75, 3.05) is 0 Å². The Kier molecular flexibility index (Phi) is 3.28. The number of nitrogens with zero attached hydrogens (tertiary/aromatic N) is 2. The Bertz CT molecular complexity index is 651. The van der Waals surface area contributed by atoms with Crippen LogP contribution in [0.4, 0.5) is 13.2 Å². The van der Waals surface area contributed by atoms with Crippen LogP contribution in [-0.4, -0.2) is 9.97 Å². The summed E-state index contributed by atoms with van der Waals surface area (Å²) in [5.74, 6) is 0.899. The molecule has 0 unspecified atom stereocenters. The van der Waals surface area contributed by atoms with Crippen molar-refractivity contribution in [2.24, 2.45) is 0 Å². The van der Waals surface area contributed by atoms with Crippen molar-refractivity contribution in [1.29, 1.82) is 0 Å². The lowest BCUT2D eigenvalue weighted by atomic mass is 10.0. The van der Waals surface area contributed by atoms with Gasteiger partial charge in [-0.2, -0.15) is 13.2 Å². The first-order chi connectivity index (χ1) is 9.45. The molecule has 3 rings (SSSR count). The highest BCUT2D eigenvalue weighted by Gasteiger charge is 2.34. The van der Waals surface area contributed by atoms with Gasteiger partial charge in [0.15, 0.2) is 0 Å². The van der Waals surface area contributed by atoms with Crippen molar-refractivity contribution >= 4 is 15.9 Å². The molecule has 6 heteroatoms. The number of rotatable bonds is 2. The first kappa shape index (κ1) is 13.5. The van der Waals surface area contributed by atoms with Crippen molar-refractivity contribution in [3.8, 4) is 11.3 Å². The Labute approximate surface area is 122 Å². The largest absolute Gasteiger partial charge is 0.417 e. The predicted molar refractivity (Wildman–Crippen MR) is 72.1 cm³/mol. The van der Waals surface area contributed by atoms with Gasteiger partial charge in [0, 0.05) is 11.5 Å². The summed E-state index contributed by atoms with van der Waals surface area (Å²) in [5, 5.41) is 0. The van der Waals surface area contributed by atoms with E-state index < -0.39 is 11.7 Å². The Morgan fingerprint density at radius 2 is 1.80 bits per heavy atom. The number of benzene rings is 1. The average Bonchev–Trinajstić information content (AvgIpc) is 3.21. The normalized spacial score (nSPS) is 15.4. The fourth-order valence-corrected chi connectivity index (χ4v) is 2.45. The second kappa shape index (κ2) is 4.84. The van der Waals surface area contributed by atoms with Crippen molar-refractivity contribution < 1.29 is 13.2 Å². The highest BCUT2D eigenvalue weighted by Crippen LogP contribution is 2.41. The van der Waals surface area contributed by atoms with E-state index in [-0.39, 0.29) is 11.5 Å². The molecule has 0 amide bonds. The number of aromatic nitrogens is 2. The molecule has 0 atom stereocenters. The van der Waals surface area contributed by atoms with Gasteiger partial charge in [-0.25, -0.2) is 9.97 Å². The summed E-state index contributed by atoms with van der Waals surface area (Å²) in [4.78, 5) is 8.54. The van der Waals surface area contributed by atoms with E-state index in [9.17, 15) is 13.2 Å². The summed E-state index contributed by atoms with van der Waals surface area (Å²) in [6.07, 6.45) is -2.40. The fourth-order valence-electron chi connectivity index (χ4n) is 2.05. The molecule has 104 valence electrons. The van der Waals surface area contributed by atoms with E-state index in [2.05, 4.69) is 25.9 Å². The Hall–Kier alpha value is -1.43. The molecule has 1 heterocycles. The number of hydrogen-bond acceptors (Lipinski definition) is 2. The van der Waals surface area contributed by atoms with Gasteiger partial charge >= 0.3 is 6.18 Å². The van der Waals surface area contributed by atoms with Gasteiger partial charge in [0.1, 0.15) is 10.4 Å². The van der Waals surface area contributed by atoms with Crippen LogP contribution in [0.2, 0.25) is 0 Å². The third-order valence-electron chi connectivity index (χ3n) is 3.16. The Balaban J connectivity index is 2.13. The Morgan fingerprint density at radius 3 is 2.45 bits per heavy atom. The van der Waals surface area contributed by atoms with Gasteiger partial charge in [-0.05, 0) is 40.9 Å². The molecular formula is C14H10BrF3N2. The summed E-state index contributed by atoms with van der Waals surface area (Å²) in [6, 6.07) is 6.99. The third-order valence-corrected chi connectivity index (χ3v) is 3.57. The van der Waals surface area contributed by atoms with Crippen LogP contribution in [-0.2, 0) is 6.18 Å². The van der Waals surface area contributed by atoms with E-state index in [0.717, 1.165) is 18.9 Å². The van der Waals surface area contributed by atoms with Crippen molar-refractivity contribution in [1.82, 2.24) is 9.97 Å². The molecule has 0 radical (unpaired) electrons. The zero-order valence-electron chi connectivity index (χ0n) is 10.3. The standard InChI is InChI=1S/C14H10BrF3N2/c15-12-7-11(19-13(20-12)8-5-6-8)9-3-1-2-4-10(9)14(16,17)18/h1-4,7-8H,5-6H2. The lowest BCUT2D eigenvalue weighted by Gasteiger charge is -2.13. The van der Waals surface area contributed by atoms with Crippen molar-refractivity contribution in [3.05, 3.63) is 46.3 Å². The molecule has 2 nitrogen and oxygen atoms in total. The molecule has 1 fully saturated rings. The second-order valence-electron chi connectivity index (χ2n) is 4.75. The molecule has 0 saturated heterocycles. The van der Waals surface area contributed by atoms with Gasteiger partial charge in [0.2, 0.25) is 0 Å². The zero-order valence-corrected chi connectivity index (χ0v) is 11.9. The topological polar surface area (TPSA) is 25.8 Å². The molecule has 0 aliphatic heterocycles. The molecule has 1 aliphatic rings. The van der Waals surface area contributed by atoms with E-state index in [1.807, 2.05) is 0 Å². The van der Waals surface area contributed by atoms with Crippen LogP contribution in [0.15, 0.2) is 34.9 Å². The minimum absolute atomic E-state index is 0.0880. The number of halogens is 4. The zero-order chi connectivity index (χ0) is 14.3. The monoisotopic (exact) mass is 342 g/mol. The highest BCUT2D eigenvalue weighted by molar-refractivity contribution is 9.10. The lowest BCUT2D eigenvalue weighted by molar-refractivity contribution is -0.137. The summed E-state index contributed by atoms with van der Waals surface area (Å²) >= 11 is 3.25. The molecule has 2 aromatic rings. The minimum atomic E-state index is -4.40. The maximum Gasteiger partial charge on any atom is 0.417 e. The Morgan fingerprint density at radius 1 is 1.10 bits per heavy atom. The summed E-state index contributed by atoms with van der Waals surface area (Å²) in [7, 11) is 0. The van der Waals surface area contributed by atoms with Crippen molar-refractivity contribution in [2.45, 2.75) is 24.9 Å². The van der Waals surface area contributed by atoms with Crippen LogP contribution in [0.25, 0.3) is 11.3 Å². The van der Waals surface area contributed by atoms with Gasteiger partial charge in [0.25, 0.3) is 0 Å². The third kappa shape index (κ3) is 2.70. The van der Waals surface area contributed by atoms with E-state index in [1.54, 1.807) is 6.07 Å². The molecule has 0 bridgehead atoms. The summed E-state index contributed by atoms with van der Waals surface area (Å²) in [5.41, 5.74) is -0.279.